The standard InChI is InChI=1S/C8H15NO/c1-7-4-10-3-2-8(7)5-9-6-8/h7,9H,2-6H2,1H3. The van der Waals surface area contributed by atoms with E-state index in [0.717, 1.165) is 19.1 Å². The quantitative estimate of drug-likeness (QED) is 0.534. The van der Waals surface area contributed by atoms with Crippen molar-refractivity contribution in [2.24, 2.45) is 11.3 Å². The summed E-state index contributed by atoms with van der Waals surface area (Å²) in [4.78, 5) is 0. The highest BCUT2D eigenvalue weighted by atomic mass is 16.5. The second kappa shape index (κ2) is 2.21. The molecule has 0 amide bonds. The van der Waals surface area contributed by atoms with Gasteiger partial charge in [-0.1, -0.05) is 6.92 Å². The molecule has 0 radical (unpaired) electrons. The van der Waals surface area contributed by atoms with Crippen LogP contribution in [0.2, 0.25) is 0 Å². The summed E-state index contributed by atoms with van der Waals surface area (Å²) in [6, 6.07) is 0. The highest BCUT2D eigenvalue weighted by molar-refractivity contribution is 4.97. The lowest BCUT2D eigenvalue weighted by Crippen LogP contribution is -2.59. The fraction of sp³-hybridized carbons (Fsp3) is 1.00. The van der Waals surface area contributed by atoms with Gasteiger partial charge in [0.1, 0.15) is 0 Å². The van der Waals surface area contributed by atoms with Gasteiger partial charge < -0.3 is 10.1 Å². The summed E-state index contributed by atoms with van der Waals surface area (Å²) in [5.74, 6) is 0.766. The lowest BCUT2D eigenvalue weighted by Gasteiger charge is -2.49. The fourth-order valence-corrected chi connectivity index (χ4v) is 1.93. The van der Waals surface area contributed by atoms with Gasteiger partial charge in [0.15, 0.2) is 0 Å². The predicted molar refractivity (Wildman–Crippen MR) is 39.9 cm³/mol. The zero-order valence-electron chi connectivity index (χ0n) is 6.52. The van der Waals surface area contributed by atoms with Crippen molar-refractivity contribution in [1.29, 1.82) is 0 Å². The fourth-order valence-electron chi connectivity index (χ4n) is 1.93. The van der Waals surface area contributed by atoms with Crippen molar-refractivity contribution in [3.63, 3.8) is 0 Å². The van der Waals surface area contributed by atoms with Crippen molar-refractivity contribution in [3.8, 4) is 0 Å². The maximum Gasteiger partial charge on any atom is 0.0497 e. The minimum Gasteiger partial charge on any atom is -0.381 e. The third kappa shape index (κ3) is 0.789. The van der Waals surface area contributed by atoms with Crippen molar-refractivity contribution in [2.75, 3.05) is 26.3 Å². The van der Waals surface area contributed by atoms with Gasteiger partial charge in [0.05, 0.1) is 0 Å². The molecule has 2 rings (SSSR count). The summed E-state index contributed by atoms with van der Waals surface area (Å²) in [5.41, 5.74) is 0.623. The molecule has 0 bridgehead atoms. The molecule has 10 heavy (non-hydrogen) atoms. The molecule has 2 aliphatic heterocycles. The molecule has 1 N–H and O–H groups in total. The first-order valence-electron chi connectivity index (χ1n) is 4.12. The SMILES string of the molecule is CC1COCCC12CNC2. The van der Waals surface area contributed by atoms with Crippen LogP contribution in [0.25, 0.3) is 0 Å². The van der Waals surface area contributed by atoms with E-state index in [9.17, 15) is 0 Å². The molecule has 0 aromatic carbocycles. The van der Waals surface area contributed by atoms with Crippen LogP contribution in [0.3, 0.4) is 0 Å². The Balaban J connectivity index is 2.03. The van der Waals surface area contributed by atoms with Crippen molar-refractivity contribution >= 4 is 0 Å². The Labute approximate surface area is 61.9 Å². The first-order valence-corrected chi connectivity index (χ1v) is 4.12. The van der Waals surface area contributed by atoms with Crippen LogP contribution in [0.1, 0.15) is 13.3 Å². The average molecular weight is 141 g/mol. The molecule has 0 aromatic rings. The van der Waals surface area contributed by atoms with Gasteiger partial charge in [0.25, 0.3) is 0 Å². The maximum atomic E-state index is 5.39. The third-order valence-electron chi connectivity index (χ3n) is 3.11. The van der Waals surface area contributed by atoms with Gasteiger partial charge >= 0.3 is 0 Å². The Bertz CT molecular complexity index is 131. The van der Waals surface area contributed by atoms with E-state index in [4.69, 9.17) is 4.74 Å². The number of nitrogens with one attached hydrogen (secondary N) is 1. The molecule has 1 atom stereocenters. The van der Waals surface area contributed by atoms with Crippen LogP contribution in [0.5, 0.6) is 0 Å². The van der Waals surface area contributed by atoms with Crippen LogP contribution in [0.4, 0.5) is 0 Å². The molecule has 2 heteroatoms. The molecule has 2 aliphatic rings. The van der Waals surface area contributed by atoms with Crippen molar-refractivity contribution in [2.45, 2.75) is 13.3 Å². The molecule has 0 aliphatic carbocycles. The van der Waals surface area contributed by atoms with Gasteiger partial charge in [0, 0.05) is 31.7 Å². The summed E-state index contributed by atoms with van der Waals surface area (Å²) >= 11 is 0. The van der Waals surface area contributed by atoms with Gasteiger partial charge in [-0.15, -0.1) is 0 Å². The predicted octanol–water partition coefficient (Wildman–Crippen LogP) is 0.632. The van der Waals surface area contributed by atoms with Crippen molar-refractivity contribution < 1.29 is 4.74 Å². The maximum absolute atomic E-state index is 5.39. The molecular formula is C8H15NO. The molecule has 58 valence electrons. The lowest BCUT2D eigenvalue weighted by atomic mass is 9.68. The van der Waals surface area contributed by atoms with Gasteiger partial charge in [-0.05, 0) is 12.3 Å². The number of hydrogen-bond acceptors (Lipinski definition) is 2. The molecule has 2 saturated heterocycles. The van der Waals surface area contributed by atoms with Crippen molar-refractivity contribution in [1.82, 2.24) is 5.32 Å². The Morgan fingerprint density at radius 1 is 1.50 bits per heavy atom. The molecule has 2 fully saturated rings. The summed E-state index contributed by atoms with van der Waals surface area (Å²) in [7, 11) is 0. The van der Waals surface area contributed by atoms with E-state index in [-0.39, 0.29) is 0 Å². The lowest BCUT2D eigenvalue weighted by molar-refractivity contribution is -0.0610. The van der Waals surface area contributed by atoms with E-state index in [0.29, 0.717) is 5.41 Å². The van der Waals surface area contributed by atoms with Gasteiger partial charge in [-0.3, -0.25) is 0 Å². The zero-order chi connectivity index (χ0) is 7.03. The van der Waals surface area contributed by atoms with E-state index >= 15 is 0 Å². The summed E-state index contributed by atoms with van der Waals surface area (Å²) in [6.45, 7) is 6.70. The molecule has 0 aromatic heterocycles. The Kier molecular flexibility index (Phi) is 1.46. The zero-order valence-corrected chi connectivity index (χ0v) is 6.52. The number of ether oxygens (including phenoxy) is 1. The molecular weight excluding hydrogens is 126 g/mol. The van der Waals surface area contributed by atoms with E-state index < -0.39 is 0 Å². The van der Waals surface area contributed by atoms with E-state index in [2.05, 4.69) is 12.2 Å². The second-order valence-electron chi connectivity index (χ2n) is 3.69. The van der Waals surface area contributed by atoms with Crippen LogP contribution >= 0.6 is 0 Å². The average Bonchev–Trinajstić information content (AvgIpc) is 1.85. The molecule has 1 spiro atoms. The highest BCUT2D eigenvalue weighted by Gasteiger charge is 2.43. The Morgan fingerprint density at radius 3 is 2.70 bits per heavy atom. The number of hydrogen-bond donors (Lipinski definition) is 1. The molecule has 2 nitrogen and oxygen atoms in total. The second-order valence-corrected chi connectivity index (χ2v) is 3.69. The van der Waals surface area contributed by atoms with Gasteiger partial charge in [-0.25, -0.2) is 0 Å². The minimum absolute atomic E-state index is 0.623. The molecule has 0 saturated carbocycles. The molecule has 1 unspecified atom stereocenters. The monoisotopic (exact) mass is 141 g/mol. The van der Waals surface area contributed by atoms with Crippen LogP contribution in [0.15, 0.2) is 0 Å². The summed E-state index contributed by atoms with van der Waals surface area (Å²) < 4.78 is 5.39. The van der Waals surface area contributed by atoms with Crippen molar-refractivity contribution in [3.05, 3.63) is 0 Å². The van der Waals surface area contributed by atoms with Crippen LogP contribution < -0.4 is 5.32 Å². The molecule has 2 heterocycles. The minimum atomic E-state index is 0.623. The summed E-state index contributed by atoms with van der Waals surface area (Å²) in [6.07, 6.45) is 1.27. The first-order chi connectivity index (χ1) is 4.83. The topological polar surface area (TPSA) is 21.3 Å². The largest absolute Gasteiger partial charge is 0.381 e. The first kappa shape index (κ1) is 6.62. The van der Waals surface area contributed by atoms with Crippen LogP contribution in [-0.4, -0.2) is 26.3 Å². The number of rotatable bonds is 0. The van der Waals surface area contributed by atoms with Gasteiger partial charge in [0.2, 0.25) is 0 Å². The highest BCUT2D eigenvalue weighted by Crippen LogP contribution is 2.38. The summed E-state index contributed by atoms with van der Waals surface area (Å²) in [5, 5.41) is 3.35. The van der Waals surface area contributed by atoms with Gasteiger partial charge in [-0.2, -0.15) is 0 Å². The Morgan fingerprint density at radius 2 is 2.30 bits per heavy atom. The Hall–Kier alpha value is -0.0800. The van der Waals surface area contributed by atoms with E-state index in [1.165, 1.54) is 19.5 Å². The normalized spacial score (nSPS) is 37.5. The third-order valence-corrected chi connectivity index (χ3v) is 3.11. The van der Waals surface area contributed by atoms with Crippen LogP contribution in [0, 0.1) is 11.3 Å². The van der Waals surface area contributed by atoms with E-state index in [1.54, 1.807) is 0 Å². The van der Waals surface area contributed by atoms with E-state index in [1.807, 2.05) is 0 Å². The van der Waals surface area contributed by atoms with Crippen LogP contribution in [-0.2, 0) is 4.74 Å². The smallest absolute Gasteiger partial charge is 0.0497 e.